The van der Waals surface area contributed by atoms with E-state index in [1.165, 1.54) is 11.1 Å². The van der Waals surface area contributed by atoms with E-state index in [0.29, 0.717) is 0 Å². The topological polar surface area (TPSA) is 18.8 Å². The van der Waals surface area contributed by atoms with Crippen molar-refractivity contribution in [3.05, 3.63) is 76.8 Å². The van der Waals surface area contributed by atoms with Crippen molar-refractivity contribution in [1.82, 2.24) is 9.91 Å². The van der Waals surface area contributed by atoms with Crippen LogP contribution in [0.5, 0.6) is 0 Å². The van der Waals surface area contributed by atoms with Crippen LogP contribution in [0.3, 0.4) is 0 Å². The van der Waals surface area contributed by atoms with Crippen LogP contribution < -0.4 is 0 Å². The van der Waals surface area contributed by atoms with E-state index in [9.17, 15) is 0 Å². The second-order valence-electron chi connectivity index (χ2n) is 5.89. The van der Waals surface area contributed by atoms with Crippen LogP contribution in [0.15, 0.2) is 65.8 Å². The molecule has 1 aliphatic heterocycles. The summed E-state index contributed by atoms with van der Waals surface area (Å²) in [6, 6.07) is 18.4. The Kier molecular flexibility index (Phi) is 6.05. The van der Waals surface area contributed by atoms with Gasteiger partial charge in [-0.1, -0.05) is 60.1 Å². The van der Waals surface area contributed by atoms with Crippen LogP contribution in [-0.2, 0) is 6.54 Å². The predicted octanol–water partition coefficient (Wildman–Crippen LogP) is 4.16. The number of rotatable bonds is 5. The molecular formula is C20H22ClN3. The Labute approximate surface area is 148 Å². The number of halogens is 1. The van der Waals surface area contributed by atoms with Crippen LogP contribution in [0.1, 0.15) is 11.1 Å². The number of benzene rings is 2. The maximum absolute atomic E-state index is 5.93. The van der Waals surface area contributed by atoms with Gasteiger partial charge in [0.2, 0.25) is 0 Å². The number of hydrogen-bond acceptors (Lipinski definition) is 3. The molecule has 124 valence electrons. The fourth-order valence-corrected chi connectivity index (χ4v) is 2.84. The van der Waals surface area contributed by atoms with Gasteiger partial charge in [-0.2, -0.15) is 5.10 Å². The number of hydrazone groups is 1. The monoisotopic (exact) mass is 339 g/mol. The van der Waals surface area contributed by atoms with E-state index in [2.05, 4.69) is 45.4 Å². The van der Waals surface area contributed by atoms with Crippen LogP contribution >= 0.6 is 11.6 Å². The third kappa shape index (κ3) is 5.22. The van der Waals surface area contributed by atoms with Crippen molar-refractivity contribution < 1.29 is 0 Å². The molecule has 2 aromatic carbocycles. The molecular weight excluding hydrogens is 318 g/mol. The Balaban J connectivity index is 1.42. The SMILES string of the molecule is Clc1ccc(CN2CCN(/N=C\C=C\c3ccccc3)CC2)cc1. The normalized spacial score (nSPS) is 16.3. The summed E-state index contributed by atoms with van der Waals surface area (Å²) in [5, 5.41) is 7.45. The van der Waals surface area contributed by atoms with E-state index >= 15 is 0 Å². The van der Waals surface area contributed by atoms with E-state index in [-0.39, 0.29) is 0 Å². The maximum atomic E-state index is 5.93. The first kappa shape index (κ1) is 16.7. The molecule has 0 spiro atoms. The lowest BCUT2D eigenvalue weighted by atomic mass is 10.2. The molecule has 1 aliphatic rings. The molecule has 1 heterocycles. The van der Waals surface area contributed by atoms with Gasteiger partial charge in [-0.25, -0.2) is 0 Å². The van der Waals surface area contributed by atoms with Gasteiger partial charge in [0, 0.05) is 44.0 Å². The zero-order chi connectivity index (χ0) is 16.6. The second-order valence-corrected chi connectivity index (χ2v) is 6.33. The molecule has 0 aliphatic carbocycles. The molecule has 0 radical (unpaired) electrons. The molecule has 0 amide bonds. The highest BCUT2D eigenvalue weighted by atomic mass is 35.5. The number of hydrogen-bond donors (Lipinski definition) is 0. The lowest BCUT2D eigenvalue weighted by molar-refractivity contribution is 0.131. The van der Waals surface area contributed by atoms with Gasteiger partial charge in [-0.3, -0.25) is 9.91 Å². The van der Waals surface area contributed by atoms with Crippen LogP contribution in [0, 0.1) is 0 Å². The maximum Gasteiger partial charge on any atom is 0.0488 e. The average Bonchev–Trinajstić information content (AvgIpc) is 2.63. The van der Waals surface area contributed by atoms with Crippen LogP contribution in [0.4, 0.5) is 0 Å². The van der Waals surface area contributed by atoms with Gasteiger partial charge in [-0.15, -0.1) is 0 Å². The zero-order valence-electron chi connectivity index (χ0n) is 13.7. The minimum Gasteiger partial charge on any atom is -0.295 e. The van der Waals surface area contributed by atoms with Crippen LogP contribution in [-0.4, -0.2) is 42.3 Å². The molecule has 4 heteroatoms. The van der Waals surface area contributed by atoms with Crippen molar-refractivity contribution >= 4 is 23.9 Å². The highest BCUT2D eigenvalue weighted by Crippen LogP contribution is 2.13. The lowest BCUT2D eigenvalue weighted by Crippen LogP contribution is -2.43. The Bertz CT molecular complexity index is 672. The molecule has 0 unspecified atom stereocenters. The lowest BCUT2D eigenvalue weighted by Gasteiger charge is -2.32. The molecule has 0 saturated carbocycles. The summed E-state index contributed by atoms with van der Waals surface area (Å²) in [4.78, 5) is 2.45. The highest BCUT2D eigenvalue weighted by Gasteiger charge is 2.15. The summed E-state index contributed by atoms with van der Waals surface area (Å²) in [6.45, 7) is 4.96. The van der Waals surface area contributed by atoms with E-state index in [1.807, 2.05) is 42.6 Å². The van der Waals surface area contributed by atoms with Gasteiger partial charge in [0.05, 0.1) is 0 Å². The summed E-state index contributed by atoms with van der Waals surface area (Å²) >= 11 is 5.93. The predicted molar refractivity (Wildman–Crippen MR) is 102 cm³/mol. The van der Waals surface area contributed by atoms with Gasteiger partial charge in [-0.05, 0) is 29.3 Å². The highest BCUT2D eigenvalue weighted by molar-refractivity contribution is 6.30. The Hall–Kier alpha value is -2.10. The largest absolute Gasteiger partial charge is 0.295 e. The standard InChI is InChI=1S/C20H22ClN3/c21-20-10-8-19(9-11-20)17-23-13-15-24(16-14-23)22-12-4-7-18-5-2-1-3-6-18/h1-12H,13-17H2/b7-4+,22-12-. The minimum atomic E-state index is 0.793. The molecule has 3 nitrogen and oxygen atoms in total. The molecule has 2 aromatic rings. The molecule has 0 N–H and O–H groups in total. The zero-order valence-corrected chi connectivity index (χ0v) is 14.4. The summed E-state index contributed by atoms with van der Waals surface area (Å²) < 4.78 is 0. The van der Waals surface area contributed by atoms with Gasteiger partial charge in [0.1, 0.15) is 0 Å². The molecule has 1 saturated heterocycles. The second kappa shape index (κ2) is 8.67. The molecule has 0 aromatic heterocycles. The van der Waals surface area contributed by atoms with Crippen molar-refractivity contribution in [1.29, 1.82) is 0 Å². The smallest absolute Gasteiger partial charge is 0.0488 e. The minimum absolute atomic E-state index is 0.793. The number of piperazine rings is 1. The van der Waals surface area contributed by atoms with Crippen molar-refractivity contribution in [3.63, 3.8) is 0 Å². The number of nitrogens with zero attached hydrogens (tertiary/aromatic N) is 3. The van der Waals surface area contributed by atoms with Gasteiger partial charge in [0.25, 0.3) is 0 Å². The summed E-state index contributed by atoms with van der Waals surface area (Å²) in [5.74, 6) is 0. The first-order valence-corrected chi connectivity index (χ1v) is 8.65. The van der Waals surface area contributed by atoms with Gasteiger partial charge >= 0.3 is 0 Å². The Morgan fingerprint density at radius 3 is 2.33 bits per heavy atom. The van der Waals surface area contributed by atoms with Crippen molar-refractivity contribution in [2.45, 2.75) is 6.54 Å². The fourth-order valence-electron chi connectivity index (χ4n) is 2.71. The van der Waals surface area contributed by atoms with Crippen molar-refractivity contribution in [3.8, 4) is 0 Å². The van der Waals surface area contributed by atoms with Crippen molar-refractivity contribution in [2.24, 2.45) is 5.10 Å². The van der Waals surface area contributed by atoms with E-state index < -0.39 is 0 Å². The van der Waals surface area contributed by atoms with E-state index in [0.717, 1.165) is 37.7 Å². The quantitative estimate of drug-likeness (QED) is 0.762. The summed E-state index contributed by atoms with van der Waals surface area (Å²) in [7, 11) is 0. The number of allylic oxidation sites excluding steroid dienone is 1. The third-order valence-corrected chi connectivity index (χ3v) is 4.32. The summed E-state index contributed by atoms with van der Waals surface area (Å²) in [6.07, 6.45) is 5.94. The van der Waals surface area contributed by atoms with Crippen molar-refractivity contribution in [2.75, 3.05) is 26.2 Å². The molecule has 3 rings (SSSR count). The molecule has 24 heavy (non-hydrogen) atoms. The van der Waals surface area contributed by atoms with Gasteiger partial charge in [0.15, 0.2) is 0 Å². The summed E-state index contributed by atoms with van der Waals surface area (Å²) in [5.41, 5.74) is 2.50. The fraction of sp³-hybridized carbons (Fsp3) is 0.250. The average molecular weight is 340 g/mol. The van der Waals surface area contributed by atoms with E-state index in [1.54, 1.807) is 0 Å². The van der Waals surface area contributed by atoms with Crippen LogP contribution in [0.25, 0.3) is 6.08 Å². The Morgan fingerprint density at radius 1 is 0.917 bits per heavy atom. The third-order valence-electron chi connectivity index (χ3n) is 4.07. The Morgan fingerprint density at radius 2 is 1.62 bits per heavy atom. The van der Waals surface area contributed by atoms with Crippen LogP contribution in [0.2, 0.25) is 5.02 Å². The molecule has 1 fully saturated rings. The first-order chi connectivity index (χ1) is 11.8. The first-order valence-electron chi connectivity index (χ1n) is 8.27. The van der Waals surface area contributed by atoms with E-state index in [4.69, 9.17) is 11.6 Å². The molecule has 0 atom stereocenters. The molecule has 0 bridgehead atoms. The van der Waals surface area contributed by atoms with Gasteiger partial charge < -0.3 is 0 Å².